The number of likely N-dealkylation sites (tertiary alicyclic amines) is 1. The molecule has 0 aliphatic carbocycles. The quantitative estimate of drug-likeness (QED) is 0.881. The summed E-state index contributed by atoms with van der Waals surface area (Å²) in [5.74, 6) is 0. The Kier molecular flexibility index (Phi) is 4.19. The predicted octanol–water partition coefficient (Wildman–Crippen LogP) is 1.67. The van der Waals surface area contributed by atoms with Gasteiger partial charge in [0.05, 0.1) is 23.7 Å². The van der Waals surface area contributed by atoms with Crippen LogP contribution in [0.15, 0.2) is 18.3 Å². The van der Waals surface area contributed by atoms with Gasteiger partial charge in [0.2, 0.25) is 0 Å². The highest BCUT2D eigenvalue weighted by molar-refractivity contribution is 5.44. The maximum Gasteiger partial charge on any atom is 0.0931 e. The Labute approximate surface area is 109 Å². The van der Waals surface area contributed by atoms with E-state index in [9.17, 15) is 5.11 Å². The molecule has 1 N–H and O–H groups in total. The van der Waals surface area contributed by atoms with Crippen molar-refractivity contribution in [3.8, 4) is 0 Å². The molecule has 0 amide bonds. The van der Waals surface area contributed by atoms with Crippen molar-refractivity contribution in [1.82, 2.24) is 9.88 Å². The number of aliphatic hydroxyl groups is 1. The molecule has 1 fully saturated rings. The summed E-state index contributed by atoms with van der Waals surface area (Å²) in [7, 11) is 4.30. The highest BCUT2D eigenvalue weighted by Gasteiger charge is 2.22. The molecule has 0 saturated carbocycles. The minimum absolute atomic E-state index is 0.495. The molecule has 2 atom stereocenters. The Morgan fingerprint density at radius 3 is 2.83 bits per heavy atom. The first kappa shape index (κ1) is 13.3. The number of likely N-dealkylation sites (N-methyl/N-ethyl adjacent to an activating group) is 2. The van der Waals surface area contributed by atoms with E-state index in [0.29, 0.717) is 6.04 Å². The first-order valence-corrected chi connectivity index (χ1v) is 6.63. The van der Waals surface area contributed by atoms with Crippen LogP contribution in [0.5, 0.6) is 0 Å². The smallest absolute Gasteiger partial charge is 0.0931 e. The lowest BCUT2D eigenvalue weighted by atomic mass is 10.2. The summed E-state index contributed by atoms with van der Waals surface area (Å²) >= 11 is 0. The van der Waals surface area contributed by atoms with Gasteiger partial charge >= 0.3 is 0 Å². The van der Waals surface area contributed by atoms with Crippen LogP contribution in [0.1, 0.15) is 31.6 Å². The Hall–Kier alpha value is -1.13. The van der Waals surface area contributed by atoms with Crippen LogP contribution in [0, 0.1) is 0 Å². The fourth-order valence-electron chi connectivity index (χ4n) is 2.50. The Morgan fingerprint density at radius 1 is 1.56 bits per heavy atom. The molecule has 0 spiro atoms. The average molecular weight is 249 g/mol. The van der Waals surface area contributed by atoms with Crippen molar-refractivity contribution in [1.29, 1.82) is 0 Å². The van der Waals surface area contributed by atoms with Gasteiger partial charge in [0.15, 0.2) is 0 Å². The van der Waals surface area contributed by atoms with Crippen molar-refractivity contribution < 1.29 is 5.11 Å². The van der Waals surface area contributed by atoms with Crippen molar-refractivity contribution in [3.05, 3.63) is 24.0 Å². The van der Waals surface area contributed by atoms with E-state index in [1.807, 2.05) is 18.3 Å². The second-order valence-electron chi connectivity index (χ2n) is 5.27. The van der Waals surface area contributed by atoms with Crippen LogP contribution < -0.4 is 4.90 Å². The zero-order valence-electron chi connectivity index (χ0n) is 11.5. The minimum Gasteiger partial charge on any atom is -0.387 e. The summed E-state index contributed by atoms with van der Waals surface area (Å²) in [4.78, 5) is 8.95. The van der Waals surface area contributed by atoms with Crippen molar-refractivity contribution >= 4 is 5.69 Å². The van der Waals surface area contributed by atoms with E-state index in [-0.39, 0.29) is 0 Å². The van der Waals surface area contributed by atoms with Gasteiger partial charge in [-0.1, -0.05) is 0 Å². The molecule has 2 unspecified atom stereocenters. The number of aromatic nitrogens is 1. The van der Waals surface area contributed by atoms with Crippen molar-refractivity contribution in [2.75, 3.05) is 32.1 Å². The third kappa shape index (κ3) is 3.00. The number of aliphatic hydroxyl groups excluding tert-OH is 1. The first-order chi connectivity index (χ1) is 8.58. The molecule has 18 heavy (non-hydrogen) atoms. The van der Waals surface area contributed by atoms with Crippen LogP contribution in [0.2, 0.25) is 0 Å². The second-order valence-corrected chi connectivity index (χ2v) is 5.27. The molecular formula is C14H23N3O. The van der Waals surface area contributed by atoms with E-state index >= 15 is 0 Å². The molecule has 100 valence electrons. The monoisotopic (exact) mass is 249 g/mol. The molecule has 1 aliphatic rings. The van der Waals surface area contributed by atoms with E-state index < -0.39 is 6.10 Å². The molecule has 1 aromatic rings. The Morgan fingerprint density at radius 2 is 2.33 bits per heavy atom. The molecule has 4 nitrogen and oxygen atoms in total. The molecule has 0 bridgehead atoms. The third-order valence-corrected chi connectivity index (χ3v) is 3.80. The average Bonchev–Trinajstić information content (AvgIpc) is 2.75. The summed E-state index contributed by atoms with van der Waals surface area (Å²) in [6.45, 7) is 3.98. The summed E-state index contributed by atoms with van der Waals surface area (Å²) in [6, 6.07) is 4.57. The number of anilines is 1. The number of hydrogen-bond acceptors (Lipinski definition) is 4. The zero-order valence-corrected chi connectivity index (χ0v) is 11.5. The summed E-state index contributed by atoms with van der Waals surface area (Å²) in [6.07, 6.45) is 3.93. The van der Waals surface area contributed by atoms with E-state index in [2.05, 4.69) is 28.9 Å². The van der Waals surface area contributed by atoms with Gasteiger partial charge in [-0.2, -0.15) is 0 Å². The lowest BCUT2D eigenvalue weighted by molar-refractivity contribution is 0.194. The number of hydrogen-bond donors (Lipinski definition) is 1. The normalized spacial score (nSPS) is 22.1. The van der Waals surface area contributed by atoms with Crippen LogP contribution in [0.3, 0.4) is 0 Å². The molecule has 2 heterocycles. The fraction of sp³-hybridized carbons (Fsp3) is 0.643. The van der Waals surface area contributed by atoms with Gasteiger partial charge in [-0.05, 0) is 45.5 Å². The first-order valence-electron chi connectivity index (χ1n) is 6.63. The van der Waals surface area contributed by atoms with Crippen LogP contribution >= 0.6 is 0 Å². The highest BCUT2D eigenvalue weighted by Crippen LogP contribution is 2.20. The topological polar surface area (TPSA) is 39.6 Å². The van der Waals surface area contributed by atoms with Crippen LogP contribution in [-0.4, -0.2) is 48.2 Å². The van der Waals surface area contributed by atoms with Gasteiger partial charge in [-0.15, -0.1) is 0 Å². The fourth-order valence-corrected chi connectivity index (χ4v) is 2.50. The van der Waals surface area contributed by atoms with Crippen molar-refractivity contribution in [2.45, 2.75) is 31.9 Å². The molecular weight excluding hydrogens is 226 g/mol. The van der Waals surface area contributed by atoms with E-state index in [4.69, 9.17) is 0 Å². The zero-order chi connectivity index (χ0) is 13.1. The minimum atomic E-state index is -0.495. The summed E-state index contributed by atoms with van der Waals surface area (Å²) in [5.41, 5.74) is 1.84. The lowest BCUT2D eigenvalue weighted by Crippen LogP contribution is -2.36. The van der Waals surface area contributed by atoms with Gasteiger partial charge in [-0.3, -0.25) is 4.98 Å². The maximum absolute atomic E-state index is 9.43. The Bertz CT molecular complexity index is 377. The molecule has 2 rings (SSSR count). The molecule has 1 aliphatic heterocycles. The van der Waals surface area contributed by atoms with Gasteiger partial charge in [0.25, 0.3) is 0 Å². The van der Waals surface area contributed by atoms with Crippen LogP contribution in [0.25, 0.3) is 0 Å². The van der Waals surface area contributed by atoms with Crippen LogP contribution in [0.4, 0.5) is 5.69 Å². The Balaban J connectivity index is 1.98. The number of nitrogens with zero attached hydrogens (tertiary/aromatic N) is 3. The largest absolute Gasteiger partial charge is 0.387 e. The van der Waals surface area contributed by atoms with Gasteiger partial charge < -0.3 is 14.9 Å². The van der Waals surface area contributed by atoms with E-state index in [0.717, 1.165) is 17.9 Å². The summed E-state index contributed by atoms with van der Waals surface area (Å²) < 4.78 is 0. The summed E-state index contributed by atoms with van der Waals surface area (Å²) in [5, 5.41) is 9.43. The lowest BCUT2D eigenvalue weighted by Gasteiger charge is -2.27. The van der Waals surface area contributed by atoms with E-state index in [1.165, 1.54) is 19.4 Å². The predicted molar refractivity (Wildman–Crippen MR) is 73.8 cm³/mol. The second kappa shape index (κ2) is 5.67. The number of pyridine rings is 1. The van der Waals surface area contributed by atoms with Gasteiger partial charge in [-0.25, -0.2) is 0 Å². The SMILES string of the molecule is CC(O)c1ccc(N(C)CC2CCCN2C)cn1. The molecule has 1 aromatic heterocycles. The van der Waals surface area contributed by atoms with Gasteiger partial charge in [0.1, 0.15) is 0 Å². The van der Waals surface area contributed by atoms with E-state index in [1.54, 1.807) is 6.92 Å². The molecule has 0 aromatic carbocycles. The highest BCUT2D eigenvalue weighted by atomic mass is 16.3. The van der Waals surface area contributed by atoms with Gasteiger partial charge in [0, 0.05) is 19.6 Å². The van der Waals surface area contributed by atoms with Crippen molar-refractivity contribution in [2.24, 2.45) is 0 Å². The molecule has 1 saturated heterocycles. The number of rotatable bonds is 4. The molecule has 4 heteroatoms. The van der Waals surface area contributed by atoms with Crippen LogP contribution in [-0.2, 0) is 0 Å². The standard InChI is InChI=1S/C14H23N3O/c1-11(18)14-7-6-12(9-15-14)17(3)10-13-5-4-8-16(13)2/h6-7,9,11,13,18H,4-5,8,10H2,1-3H3. The maximum atomic E-state index is 9.43. The third-order valence-electron chi connectivity index (χ3n) is 3.80. The molecule has 0 radical (unpaired) electrons. The van der Waals surface area contributed by atoms with Crippen molar-refractivity contribution in [3.63, 3.8) is 0 Å².